The van der Waals surface area contributed by atoms with Gasteiger partial charge in [0.15, 0.2) is 0 Å². The first-order valence-corrected chi connectivity index (χ1v) is 6.45. The molecule has 4 N–H and O–H groups in total. The fourth-order valence-electron chi connectivity index (χ4n) is 2.12. The van der Waals surface area contributed by atoms with Crippen LogP contribution in [0, 0.1) is 0 Å². The van der Waals surface area contributed by atoms with Gasteiger partial charge in [-0.2, -0.15) is 0 Å². The Balaban J connectivity index is 2.33. The molecule has 0 saturated heterocycles. The second kappa shape index (κ2) is 6.06. The smallest absolute Gasteiger partial charge is 0.250 e. The van der Waals surface area contributed by atoms with Crippen LogP contribution in [0.3, 0.4) is 0 Å². The van der Waals surface area contributed by atoms with Crippen molar-refractivity contribution in [3.05, 3.63) is 53.9 Å². The van der Waals surface area contributed by atoms with Crippen LogP contribution in [-0.4, -0.2) is 17.4 Å². The summed E-state index contributed by atoms with van der Waals surface area (Å²) < 4.78 is 0. The minimum atomic E-state index is -0.510. The predicted molar refractivity (Wildman–Crippen MR) is 80.3 cm³/mol. The molecular formula is C15H18N4O. The number of nitrogens with zero attached hydrogens (tertiary/aromatic N) is 2. The van der Waals surface area contributed by atoms with Gasteiger partial charge in [0.2, 0.25) is 0 Å². The van der Waals surface area contributed by atoms with Crippen molar-refractivity contribution in [3.63, 3.8) is 0 Å². The summed E-state index contributed by atoms with van der Waals surface area (Å²) in [4.78, 5) is 17.5. The summed E-state index contributed by atoms with van der Waals surface area (Å²) in [5.74, 6) is -0.510. The maximum Gasteiger partial charge on any atom is 0.250 e. The molecular weight excluding hydrogens is 252 g/mol. The largest absolute Gasteiger partial charge is 0.396 e. The molecule has 1 heterocycles. The van der Waals surface area contributed by atoms with Crippen LogP contribution in [0.1, 0.15) is 22.8 Å². The zero-order chi connectivity index (χ0) is 14.5. The van der Waals surface area contributed by atoms with Gasteiger partial charge in [0.1, 0.15) is 0 Å². The summed E-state index contributed by atoms with van der Waals surface area (Å²) in [6, 6.07) is 9.24. The van der Waals surface area contributed by atoms with Gasteiger partial charge in [0, 0.05) is 25.5 Å². The van der Waals surface area contributed by atoms with Gasteiger partial charge < -0.3 is 16.4 Å². The molecule has 0 aliphatic rings. The molecule has 0 fully saturated rings. The second-order valence-electron chi connectivity index (χ2n) is 4.47. The normalized spacial score (nSPS) is 10.2. The molecule has 2 aromatic rings. The number of aromatic nitrogens is 1. The van der Waals surface area contributed by atoms with E-state index in [0.29, 0.717) is 17.8 Å². The Morgan fingerprint density at radius 1 is 1.25 bits per heavy atom. The summed E-state index contributed by atoms with van der Waals surface area (Å²) in [6.07, 6.45) is 3.51. The van der Waals surface area contributed by atoms with Crippen molar-refractivity contribution in [1.29, 1.82) is 0 Å². The number of amides is 1. The minimum absolute atomic E-state index is 0.357. The Labute approximate surface area is 118 Å². The molecule has 1 aromatic carbocycles. The lowest BCUT2D eigenvalue weighted by molar-refractivity contribution is 0.100. The molecule has 0 saturated carbocycles. The molecule has 1 amide bonds. The molecule has 0 aliphatic heterocycles. The SMILES string of the molecule is CCN(Cc1ccncc1)c1cccc(C(N)=O)c1N. The fourth-order valence-corrected chi connectivity index (χ4v) is 2.12. The average molecular weight is 270 g/mol. The van der Waals surface area contributed by atoms with E-state index in [4.69, 9.17) is 11.5 Å². The van der Waals surface area contributed by atoms with Crippen molar-refractivity contribution in [2.45, 2.75) is 13.5 Å². The number of nitrogens with two attached hydrogens (primary N) is 2. The Hall–Kier alpha value is -2.56. The first kappa shape index (κ1) is 13.9. The first-order chi connectivity index (χ1) is 9.63. The molecule has 104 valence electrons. The number of carbonyl (C=O) groups is 1. The molecule has 0 atom stereocenters. The van der Waals surface area contributed by atoms with Crippen molar-refractivity contribution in [2.75, 3.05) is 17.2 Å². The molecule has 0 bridgehead atoms. The van der Waals surface area contributed by atoms with E-state index in [-0.39, 0.29) is 0 Å². The molecule has 2 rings (SSSR count). The molecule has 1 aromatic heterocycles. The summed E-state index contributed by atoms with van der Waals surface area (Å²) in [6.45, 7) is 3.51. The van der Waals surface area contributed by atoms with Gasteiger partial charge >= 0.3 is 0 Å². The van der Waals surface area contributed by atoms with Crippen LogP contribution in [-0.2, 0) is 6.54 Å². The Morgan fingerprint density at radius 2 is 1.95 bits per heavy atom. The fraction of sp³-hybridized carbons (Fsp3) is 0.200. The van der Waals surface area contributed by atoms with Gasteiger partial charge in [0.25, 0.3) is 5.91 Å². The van der Waals surface area contributed by atoms with Gasteiger partial charge in [-0.05, 0) is 36.8 Å². The third kappa shape index (κ3) is 2.88. The van der Waals surface area contributed by atoms with Gasteiger partial charge in [-0.1, -0.05) is 6.07 Å². The third-order valence-electron chi connectivity index (χ3n) is 3.19. The Kier molecular flexibility index (Phi) is 4.20. The van der Waals surface area contributed by atoms with E-state index < -0.39 is 5.91 Å². The Morgan fingerprint density at radius 3 is 2.55 bits per heavy atom. The van der Waals surface area contributed by atoms with Crippen molar-refractivity contribution in [2.24, 2.45) is 5.73 Å². The quantitative estimate of drug-likeness (QED) is 0.811. The Bertz CT molecular complexity index is 598. The van der Waals surface area contributed by atoms with Crippen molar-refractivity contribution in [3.8, 4) is 0 Å². The first-order valence-electron chi connectivity index (χ1n) is 6.45. The van der Waals surface area contributed by atoms with Gasteiger partial charge in [-0.25, -0.2) is 0 Å². The molecule has 0 aliphatic carbocycles. The highest BCUT2D eigenvalue weighted by Crippen LogP contribution is 2.27. The van der Waals surface area contributed by atoms with Crippen LogP contribution in [0.2, 0.25) is 0 Å². The number of rotatable bonds is 5. The topological polar surface area (TPSA) is 85.2 Å². The monoisotopic (exact) mass is 270 g/mol. The minimum Gasteiger partial charge on any atom is -0.396 e. The summed E-state index contributed by atoms with van der Waals surface area (Å²) in [5.41, 5.74) is 14.1. The van der Waals surface area contributed by atoms with Crippen LogP contribution in [0.15, 0.2) is 42.7 Å². The third-order valence-corrected chi connectivity index (χ3v) is 3.19. The number of benzene rings is 1. The van der Waals surface area contributed by atoms with E-state index in [0.717, 1.165) is 17.8 Å². The van der Waals surface area contributed by atoms with E-state index >= 15 is 0 Å². The molecule has 20 heavy (non-hydrogen) atoms. The molecule has 5 heteroatoms. The van der Waals surface area contributed by atoms with Crippen LogP contribution < -0.4 is 16.4 Å². The van der Waals surface area contributed by atoms with Crippen LogP contribution in [0.5, 0.6) is 0 Å². The molecule has 0 radical (unpaired) electrons. The average Bonchev–Trinajstić information content (AvgIpc) is 2.46. The maximum absolute atomic E-state index is 11.4. The molecule has 0 unspecified atom stereocenters. The van der Waals surface area contributed by atoms with E-state index in [2.05, 4.69) is 9.88 Å². The predicted octanol–water partition coefficient (Wildman–Crippen LogP) is 1.79. The lowest BCUT2D eigenvalue weighted by Crippen LogP contribution is -2.24. The zero-order valence-corrected chi connectivity index (χ0v) is 11.4. The van der Waals surface area contributed by atoms with Crippen LogP contribution in [0.25, 0.3) is 0 Å². The number of para-hydroxylation sites is 1. The van der Waals surface area contributed by atoms with Gasteiger partial charge in [-0.3, -0.25) is 9.78 Å². The van der Waals surface area contributed by atoms with E-state index in [9.17, 15) is 4.79 Å². The number of carbonyl (C=O) groups excluding carboxylic acids is 1. The number of primary amides is 1. The number of hydrogen-bond acceptors (Lipinski definition) is 4. The number of hydrogen-bond donors (Lipinski definition) is 2. The van der Waals surface area contributed by atoms with E-state index in [1.54, 1.807) is 24.5 Å². The highest BCUT2D eigenvalue weighted by molar-refractivity contribution is 6.00. The lowest BCUT2D eigenvalue weighted by atomic mass is 10.1. The van der Waals surface area contributed by atoms with E-state index in [1.165, 1.54) is 0 Å². The number of anilines is 2. The zero-order valence-electron chi connectivity index (χ0n) is 11.4. The van der Waals surface area contributed by atoms with Crippen LogP contribution in [0.4, 0.5) is 11.4 Å². The van der Waals surface area contributed by atoms with Gasteiger partial charge in [0.05, 0.1) is 16.9 Å². The second-order valence-corrected chi connectivity index (χ2v) is 4.47. The van der Waals surface area contributed by atoms with Gasteiger partial charge in [-0.15, -0.1) is 0 Å². The van der Waals surface area contributed by atoms with Crippen molar-refractivity contribution < 1.29 is 4.79 Å². The number of nitrogen functional groups attached to an aromatic ring is 1. The molecule has 5 nitrogen and oxygen atoms in total. The van der Waals surface area contributed by atoms with Crippen molar-refractivity contribution in [1.82, 2.24) is 4.98 Å². The molecule has 0 spiro atoms. The summed E-state index contributed by atoms with van der Waals surface area (Å²) >= 11 is 0. The standard InChI is InChI=1S/C15H18N4O/c1-2-19(10-11-6-8-18-9-7-11)13-5-3-4-12(14(13)16)15(17)20/h3-9H,2,10,16H2,1H3,(H2,17,20). The lowest BCUT2D eigenvalue weighted by Gasteiger charge is -2.25. The van der Waals surface area contributed by atoms with Crippen LogP contribution >= 0.6 is 0 Å². The van der Waals surface area contributed by atoms with Crippen molar-refractivity contribution >= 4 is 17.3 Å². The number of pyridine rings is 1. The highest BCUT2D eigenvalue weighted by atomic mass is 16.1. The highest BCUT2D eigenvalue weighted by Gasteiger charge is 2.14. The maximum atomic E-state index is 11.4. The van der Waals surface area contributed by atoms with E-state index in [1.807, 2.05) is 25.1 Å². The summed E-state index contributed by atoms with van der Waals surface area (Å²) in [7, 11) is 0. The summed E-state index contributed by atoms with van der Waals surface area (Å²) in [5, 5.41) is 0.